The van der Waals surface area contributed by atoms with Gasteiger partial charge in [0.25, 0.3) is 0 Å². The third kappa shape index (κ3) is 0.796. The second-order valence-electron chi connectivity index (χ2n) is 1.69. The molecular formula is C5H7N3. The molecule has 0 aliphatic carbocycles. The summed E-state index contributed by atoms with van der Waals surface area (Å²) in [5, 5.41) is 10.1. The second-order valence-corrected chi connectivity index (χ2v) is 1.69. The molecule has 1 heterocycles. The summed E-state index contributed by atoms with van der Waals surface area (Å²) in [6.45, 7) is 0. The van der Waals surface area contributed by atoms with E-state index in [1.165, 1.54) is 0 Å². The molecule has 3 nitrogen and oxygen atoms in total. The van der Waals surface area contributed by atoms with Crippen LogP contribution in [0.4, 0.5) is 0 Å². The largest absolute Gasteiger partial charge is 0.317 e. The first kappa shape index (κ1) is 5.13. The maximum Gasteiger partial charge on any atom is 0.133 e. The first-order valence-corrected chi connectivity index (χ1v) is 2.40. The number of nitrogens with one attached hydrogen (secondary N) is 1. The number of rotatable bonds is 0. The van der Waals surface area contributed by atoms with Crippen molar-refractivity contribution in [1.29, 1.82) is 5.26 Å². The second kappa shape index (κ2) is 1.85. The fourth-order valence-corrected chi connectivity index (χ4v) is 0.593. The lowest BCUT2D eigenvalue weighted by molar-refractivity contribution is 0.353. The Kier molecular flexibility index (Phi) is 1.18. The quantitative estimate of drug-likeness (QED) is 0.470. The van der Waals surface area contributed by atoms with Gasteiger partial charge in [0.15, 0.2) is 0 Å². The van der Waals surface area contributed by atoms with Gasteiger partial charge in [-0.15, -0.1) is 0 Å². The summed E-state index contributed by atoms with van der Waals surface area (Å²) in [5.74, 6) is 0. The summed E-state index contributed by atoms with van der Waals surface area (Å²) >= 11 is 0. The van der Waals surface area contributed by atoms with E-state index in [4.69, 9.17) is 5.26 Å². The van der Waals surface area contributed by atoms with Gasteiger partial charge in [-0.05, 0) is 6.08 Å². The van der Waals surface area contributed by atoms with Crippen molar-refractivity contribution in [2.45, 2.75) is 6.04 Å². The molecule has 0 fully saturated rings. The molecule has 8 heavy (non-hydrogen) atoms. The minimum absolute atomic E-state index is 0.125. The third-order valence-corrected chi connectivity index (χ3v) is 0.984. The first-order valence-electron chi connectivity index (χ1n) is 2.40. The van der Waals surface area contributed by atoms with Gasteiger partial charge in [-0.1, -0.05) is 0 Å². The van der Waals surface area contributed by atoms with E-state index in [1.807, 2.05) is 13.2 Å². The van der Waals surface area contributed by atoms with Crippen LogP contribution in [0.25, 0.3) is 0 Å². The van der Waals surface area contributed by atoms with Gasteiger partial charge in [-0.25, -0.2) is 5.43 Å². The summed E-state index contributed by atoms with van der Waals surface area (Å²) in [7, 11) is 1.86. The summed E-state index contributed by atoms with van der Waals surface area (Å²) in [6.07, 6.45) is 3.63. The molecule has 1 aliphatic heterocycles. The van der Waals surface area contributed by atoms with Crippen LogP contribution >= 0.6 is 0 Å². The SMILES string of the molecule is CN1C=CC(C#N)N1. The van der Waals surface area contributed by atoms with Crippen molar-refractivity contribution in [3.63, 3.8) is 0 Å². The minimum Gasteiger partial charge on any atom is -0.317 e. The Morgan fingerprint density at radius 3 is 2.88 bits per heavy atom. The Morgan fingerprint density at radius 1 is 1.88 bits per heavy atom. The summed E-state index contributed by atoms with van der Waals surface area (Å²) < 4.78 is 0. The van der Waals surface area contributed by atoms with Gasteiger partial charge < -0.3 is 5.01 Å². The molecule has 1 aliphatic rings. The molecule has 0 aromatic heterocycles. The summed E-state index contributed by atoms with van der Waals surface area (Å²) in [6, 6.07) is 1.93. The van der Waals surface area contributed by atoms with Crippen molar-refractivity contribution in [1.82, 2.24) is 10.4 Å². The molecule has 0 saturated carbocycles. The van der Waals surface area contributed by atoms with Crippen LogP contribution in [0.1, 0.15) is 0 Å². The molecule has 0 aromatic carbocycles. The molecule has 1 N–H and O–H groups in total. The van der Waals surface area contributed by atoms with Crippen molar-refractivity contribution >= 4 is 0 Å². The zero-order valence-electron chi connectivity index (χ0n) is 4.63. The van der Waals surface area contributed by atoms with E-state index in [-0.39, 0.29) is 6.04 Å². The Balaban J connectivity index is 2.49. The van der Waals surface area contributed by atoms with E-state index < -0.39 is 0 Å². The van der Waals surface area contributed by atoms with Gasteiger partial charge in [0.05, 0.1) is 6.07 Å². The van der Waals surface area contributed by atoms with Crippen LogP contribution in [0.15, 0.2) is 12.3 Å². The number of hydrogen-bond acceptors (Lipinski definition) is 3. The van der Waals surface area contributed by atoms with Crippen molar-refractivity contribution in [2.24, 2.45) is 0 Å². The Hall–Kier alpha value is -1.01. The molecule has 0 saturated heterocycles. The molecule has 42 valence electrons. The lowest BCUT2D eigenvalue weighted by Gasteiger charge is -2.07. The Bertz CT molecular complexity index is 144. The van der Waals surface area contributed by atoms with Crippen LogP contribution in [0.5, 0.6) is 0 Å². The van der Waals surface area contributed by atoms with Gasteiger partial charge in [-0.2, -0.15) is 5.26 Å². The number of hydrogen-bond donors (Lipinski definition) is 1. The first-order chi connectivity index (χ1) is 3.83. The standard InChI is InChI=1S/C5H7N3/c1-8-3-2-5(4-6)7-8/h2-3,5,7H,1H3. The predicted molar refractivity (Wildman–Crippen MR) is 29.4 cm³/mol. The van der Waals surface area contributed by atoms with Gasteiger partial charge in [0.2, 0.25) is 0 Å². The highest BCUT2D eigenvalue weighted by Gasteiger charge is 2.08. The fourth-order valence-electron chi connectivity index (χ4n) is 0.593. The van der Waals surface area contributed by atoms with Gasteiger partial charge >= 0.3 is 0 Å². The smallest absolute Gasteiger partial charge is 0.133 e. The normalized spacial score (nSPS) is 26.0. The highest BCUT2D eigenvalue weighted by Crippen LogP contribution is 1.95. The van der Waals surface area contributed by atoms with E-state index >= 15 is 0 Å². The summed E-state index contributed by atoms with van der Waals surface area (Å²) in [5.41, 5.74) is 2.86. The maximum atomic E-state index is 8.29. The van der Waals surface area contributed by atoms with Crippen LogP contribution < -0.4 is 5.43 Å². The maximum absolute atomic E-state index is 8.29. The van der Waals surface area contributed by atoms with Crippen LogP contribution in [0.2, 0.25) is 0 Å². The average molecular weight is 109 g/mol. The van der Waals surface area contributed by atoms with Gasteiger partial charge in [0, 0.05) is 13.2 Å². The van der Waals surface area contributed by atoms with Crippen LogP contribution in [0.3, 0.4) is 0 Å². The predicted octanol–water partition coefficient (Wildman–Crippen LogP) is -0.158. The van der Waals surface area contributed by atoms with Crippen molar-refractivity contribution < 1.29 is 0 Å². The molecule has 0 amide bonds. The van der Waals surface area contributed by atoms with Crippen LogP contribution in [-0.4, -0.2) is 18.1 Å². The third-order valence-electron chi connectivity index (χ3n) is 0.984. The van der Waals surface area contributed by atoms with Gasteiger partial charge in [0.1, 0.15) is 6.04 Å². The zero-order chi connectivity index (χ0) is 5.98. The number of hydrazine groups is 1. The fraction of sp³-hybridized carbons (Fsp3) is 0.400. The Morgan fingerprint density at radius 2 is 2.62 bits per heavy atom. The monoisotopic (exact) mass is 109 g/mol. The minimum atomic E-state index is -0.125. The highest BCUT2D eigenvalue weighted by molar-refractivity contribution is 5.09. The topological polar surface area (TPSA) is 39.1 Å². The molecule has 0 spiro atoms. The molecule has 1 atom stereocenters. The van der Waals surface area contributed by atoms with E-state index in [2.05, 4.69) is 11.5 Å². The van der Waals surface area contributed by atoms with Crippen molar-refractivity contribution in [3.05, 3.63) is 12.3 Å². The Labute approximate surface area is 48.2 Å². The molecule has 1 rings (SSSR count). The number of nitriles is 1. The van der Waals surface area contributed by atoms with E-state index in [9.17, 15) is 0 Å². The molecule has 3 heteroatoms. The van der Waals surface area contributed by atoms with Crippen molar-refractivity contribution in [3.8, 4) is 6.07 Å². The van der Waals surface area contributed by atoms with Crippen LogP contribution in [0, 0.1) is 11.3 Å². The molecule has 0 bridgehead atoms. The van der Waals surface area contributed by atoms with Gasteiger partial charge in [-0.3, -0.25) is 0 Å². The van der Waals surface area contributed by atoms with E-state index in [1.54, 1.807) is 11.1 Å². The lowest BCUT2D eigenvalue weighted by Crippen LogP contribution is -2.30. The van der Waals surface area contributed by atoms with Crippen LogP contribution in [-0.2, 0) is 0 Å². The average Bonchev–Trinajstić information content (AvgIpc) is 2.14. The van der Waals surface area contributed by atoms with Crippen molar-refractivity contribution in [2.75, 3.05) is 7.05 Å². The lowest BCUT2D eigenvalue weighted by atomic mass is 10.4. The molecule has 0 radical (unpaired) electrons. The van der Waals surface area contributed by atoms with E-state index in [0.29, 0.717) is 0 Å². The van der Waals surface area contributed by atoms with E-state index in [0.717, 1.165) is 0 Å². The highest BCUT2D eigenvalue weighted by atomic mass is 15.5. The molecule has 0 aromatic rings. The zero-order valence-corrected chi connectivity index (χ0v) is 4.63. The molecular weight excluding hydrogens is 102 g/mol. The summed E-state index contributed by atoms with van der Waals surface area (Å²) in [4.78, 5) is 0. The number of nitrogens with zero attached hydrogens (tertiary/aromatic N) is 2. The molecule has 1 unspecified atom stereocenters.